The van der Waals surface area contributed by atoms with Crippen molar-refractivity contribution in [3.63, 3.8) is 0 Å². The van der Waals surface area contributed by atoms with Crippen molar-refractivity contribution in [1.29, 1.82) is 0 Å². The number of rotatable bonds is 2. The van der Waals surface area contributed by atoms with E-state index in [9.17, 15) is 8.78 Å². The molecular formula is C15H9F2N3S2. The Bertz CT molecular complexity index is 880. The first kappa shape index (κ1) is 13.5. The number of aromatic nitrogens is 3. The van der Waals surface area contributed by atoms with Crippen LogP contribution in [0.15, 0.2) is 35.0 Å². The predicted molar refractivity (Wildman–Crippen MR) is 85.1 cm³/mol. The van der Waals surface area contributed by atoms with E-state index >= 15 is 0 Å². The molecule has 1 aromatic carbocycles. The molecule has 0 radical (unpaired) electrons. The molecule has 0 aliphatic heterocycles. The first-order valence-corrected chi connectivity index (χ1v) is 8.22. The largest absolute Gasteiger partial charge is 0.203 e. The van der Waals surface area contributed by atoms with Crippen molar-refractivity contribution >= 4 is 33.7 Å². The maximum absolute atomic E-state index is 14.7. The fraction of sp³-hybridized carbons (Fsp3) is 0.0667. The molecule has 3 nitrogen and oxygen atoms in total. The zero-order chi connectivity index (χ0) is 15.3. The Morgan fingerprint density at radius 1 is 0.864 bits per heavy atom. The van der Waals surface area contributed by atoms with E-state index in [4.69, 9.17) is 0 Å². The molecule has 0 bridgehead atoms. The third-order valence-corrected chi connectivity index (χ3v) is 5.13. The second kappa shape index (κ2) is 4.96. The highest BCUT2D eigenvalue weighted by atomic mass is 32.1. The molecule has 0 saturated heterocycles. The van der Waals surface area contributed by atoms with E-state index in [0.717, 1.165) is 0 Å². The predicted octanol–water partition coefficient (Wildman–Crippen LogP) is 4.70. The molecular weight excluding hydrogens is 324 g/mol. The summed E-state index contributed by atoms with van der Waals surface area (Å²) in [6.45, 7) is 0. The van der Waals surface area contributed by atoms with Gasteiger partial charge >= 0.3 is 0 Å². The summed E-state index contributed by atoms with van der Waals surface area (Å²) in [5.41, 5.74) is 1.12. The highest BCUT2D eigenvalue weighted by Crippen LogP contribution is 2.41. The van der Waals surface area contributed by atoms with Crippen LogP contribution in [0.1, 0.15) is 0 Å². The van der Waals surface area contributed by atoms with Crippen LogP contribution in [0.5, 0.6) is 0 Å². The molecule has 4 rings (SSSR count). The molecule has 7 heteroatoms. The molecule has 0 atom stereocenters. The van der Waals surface area contributed by atoms with E-state index < -0.39 is 11.6 Å². The number of hydrogen-bond donors (Lipinski definition) is 0. The van der Waals surface area contributed by atoms with Gasteiger partial charge in [-0.1, -0.05) is 12.1 Å². The van der Waals surface area contributed by atoms with Gasteiger partial charge in [-0.3, -0.25) is 0 Å². The lowest BCUT2D eigenvalue weighted by molar-refractivity contribution is 0.516. The Morgan fingerprint density at radius 3 is 1.68 bits per heavy atom. The number of thiophene rings is 2. The minimum absolute atomic E-state index is 0.177. The molecule has 0 fully saturated rings. The van der Waals surface area contributed by atoms with Gasteiger partial charge < -0.3 is 0 Å². The average Bonchev–Trinajstić information content (AvgIpc) is 3.21. The van der Waals surface area contributed by atoms with Gasteiger partial charge in [0.15, 0.2) is 11.6 Å². The van der Waals surface area contributed by atoms with E-state index in [1.165, 1.54) is 27.5 Å². The zero-order valence-corrected chi connectivity index (χ0v) is 13.0. The van der Waals surface area contributed by atoms with Gasteiger partial charge in [0.2, 0.25) is 0 Å². The SMILES string of the molecule is Cn1nc2c(-c3cccs3)c(F)c(F)c(-c3cccs3)c2n1. The van der Waals surface area contributed by atoms with Gasteiger partial charge in [-0.15, -0.1) is 22.7 Å². The van der Waals surface area contributed by atoms with E-state index in [0.29, 0.717) is 20.8 Å². The Kier molecular flexibility index (Phi) is 3.05. The van der Waals surface area contributed by atoms with Crippen LogP contribution >= 0.6 is 22.7 Å². The number of halogens is 2. The van der Waals surface area contributed by atoms with Crippen molar-refractivity contribution in [2.45, 2.75) is 0 Å². The van der Waals surface area contributed by atoms with Gasteiger partial charge in [0, 0.05) is 16.8 Å². The third kappa shape index (κ3) is 1.89. The first-order valence-electron chi connectivity index (χ1n) is 6.46. The highest BCUT2D eigenvalue weighted by molar-refractivity contribution is 7.14. The van der Waals surface area contributed by atoms with Crippen LogP contribution in [0, 0.1) is 11.6 Å². The van der Waals surface area contributed by atoms with Gasteiger partial charge in [0.25, 0.3) is 0 Å². The molecule has 0 amide bonds. The minimum Gasteiger partial charge on any atom is -0.203 e. The monoisotopic (exact) mass is 333 g/mol. The zero-order valence-electron chi connectivity index (χ0n) is 11.4. The van der Waals surface area contributed by atoms with Crippen molar-refractivity contribution in [1.82, 2.24) is 15.0 Å². The fourth-order valence-electron chi connectivity index (χ4n) is 2.46. The second-order valence-corrected chi connectivity index (χ2v) is 6.61. The summed E-state index contributed by atoms with van der Waals surface area (Å²) >= 11 is 2.69. The van der Waals surface area contributed by atoms with E-state index in [1.807, 2.05) is 10.8 Å². The number of benzene rings is 1. The topological polar surface area (TPSA) is 30.7 Å². The number of fused-ring (bicyclic) bond motifs is 1. The van der Waals surface area contributed by atoms with E-state index in [1.54, 1.807) is 31.3 Å². The van der Waals surface area contributed by atoms with Crippen molar-refractivity contribution in [3.8, 4) is 20.9 Å². The van der Waals surface area contributed by atoms with Gasteiger partial charge in [-0.05, 0) is 22.9 Å². The van der Waals surface area contributed by atoms with Gasteiger partial charge in [-0.25, -0.2) is 8.78 Å². The molecule has 4 aromatic rings. The molecule has 0 aliphatic rings. The molecule has 0 saturated carbocycles. The Balaban J connectivity index is 2.17. The Morgan fingerprint density at radius 2 is 1.32 bits per heavy atom. The smallest absolute Gasteiger partial charge is 0.170 e. The second-order valence-electron chi connectivity index (χ2n) is 4.72. The molecule has 3 aromatic heterocycles. The van der Waals surface area contributed by atoms with Crippen LogP contribution in [0.2, 0.25) is 0 Å². The average molecular weight is 333 g/mol. The summed E-state index contributed by atoms with van der Waals surface area (Å²) < 4.78 is 29.4. The van der Waals surface area contributed by atoms with Gasteiger partial charge in [-0.2, -0.15) is 15.0 Å². The molecule has 3 heterocycles. The summed E-state index contributed by atoms with van der Waals surface area (Å²) in [6, 6.07) is 7.10. The maximum atomic E-state index is 14.7. The maximum Gasteiger partial charge on any atom is 0.170 e. The van der Waals surface area contributed by atoms with Crippen LogP contribution in [-0.2, 0) is 7.05 Å². The van der Waals surface area contributed by atoms with Crippen LogP contribution in [0.4, 0.5) is 8.78 Å². The van der Waals surface area contributed by atoms with Gasteiger partial charge in [0.1, 0.15) is 11.0 Å². The lowest BCUT2D eigenvalue weighted by Crippen LogP contribution is -1.95. The molecule has 22 heavy (non-hydrogen) atoms. The fourth-order valence-corrected chi connectivity index (χ4v) is 3.99. The lowest BCUT2D eigenvalue weighted by Gasteiger charge is -2.07. The molecule has 0 spiro atoms. The number of nitrogens with zero attached hydrogens (tertiary/aromatic N) is 3. The van der Waals surface area contributed by atoms with Crippen molar-refractivity contribution < 1.29 is 8.78 Å². The Hall–Kier alpha value is -2.12. The lowest BCUT2D eigenvalue weighted by atomic mass is 10.0. The minimum atomic E-state index is -0.876. The van der Waals surface area contributed by atoms with Gasteiger partial charge in [0.05, 0.1) is 11.1 Å². The Labute approximate surface area is 132 Å². The molecule has 0 N–H and O–H groups in total. The van der Waals surface area contributed by atoms with Crippen molar-refractivity contribution in [2.24, 2.45) is 7.05 Å². The number of aryl methyl sites for hydroxylation is 1. The van der Waals surface area contributed by atoms with Crippen LogP contribution < -0.4 is 0 Å². The van der Waals surface area contributed by atoms with Crippen molar-refractivity contribution in [3.05, 3.63) is 46.7 Å². The van der Waals surface area contributed by atoms with Crippen LogP contribution in [0.3, 0.4) is 0 Å². The molecule has 0 unspecified atom stereocenters. The first-order chi connectivity index (χ1) is 10.7. The summed E-state index contributed by atoms with van der Waals surface area (Å²) in [4.78, 5) is 2.62. The third-order valence-electron chi connectivity index (χ3n) is 3.35. The molecule has 110 valence electrons. The quantitative estimate of drug-likeness (QED) is 0.532. The highest BCUT2D eigenvalue weighted by Gasteiger charge is 2.26. The normalized spacial score (nSPS) is 11.4. The summed E-state index contributed by atoms with van der Waals surface area (Å²) in [7, 11) is 1.65. The van der Waals surface area contributed by atoms with E-state index in [-0.39, 0.29) is 11.1 Å². The van der Waals surface area contributed by atoms with Crippen LogP contribution in [0.25, 0.3) is 31.9 Å². The van der Waals surface area contributed by atoms with E-state index in [2.05, 4.69) is 10.2 Å². The van der Waals surface area contributed by atoms with Crippen molar-refractivity contribution in [2.75, 3.05) is 0 Å². The number of hydrogen-bond acceptors (Lipinski definition) is 4. The summed E-state index contributed by atoms with van der Waals surface area (Å²) in [5, 5.41) is 12.1. The summed E-state index contributed by atoms with van der Waals surface area (Å²) in [5.74, 6) is -1.75. The molecule has 0 aliphatic carbocycles. The standard InChI is InChI=1S/C15H9F2N3S2/c1-20-18-14-10(8-4-2-6-21-8)12(16)13(17)11(15(14)19-20)9-5-3-7-22-9/h2-7H,1H3. The van der Waals surface area contributed by atoms with Crippen LogP contribution in [-0.4, -0.2) is 15.0 Å². The summed E-state index contributed by atoms with van der Waals surface area (Å²) in [6.07, 6.45) is 0.